The summed E-state index contributed by atoms with van der Waals surface area (Å²) in [5.74, 6) is -1.02. The third-order valence-corrected chi connectivity index (χ3v) is 5.37. The highest BCUT2D eigenvalue weighted by molar-refractivity contribution is 6.32. The van der Waals surface area contributed by atoms with Crippen LogP contribution in [0, 0.1) is 6.92 Å². The number of amides is 1. The Morgan fingerprint density at radius 2 is 1.82 bits per heavy atom. The predicted molar refractivity (Wildman–Crippen MR) is 125 cm³/mol. The van der Waals surface area contributed by atoms with E-state index in [1.165, 1.54) is 19.2 Å². The summed E-state index contributed by atoms with van der Waals surface area (Å²) in [4.78, 5) is 42.3. The highest BCUT2D eigenvalue weighted by Crippen LogP contribution is 2.28. The Bertz CT molecular complexity index is 1420. The molecule has 1 amide bonds. The molecule has 0 spiro atoms. The molecular formula is C25H19ClN2O5. The van der Waals surface area contributed by atoms with Gasteiger partial charge in [0.1, 0.15) is 11.3 Å². The molecular weight excluding hydrogens is 444 g/mol. The maximum Gasteiger partial charge on any atom is 0.342 e. The number of carbonyl (C=O) groups excluding carboxylic acids is 2. The smallest absolute Gasteiger partial charge is 0.342 e. The molecule has 1 unspecified atom stereocenters. The molecule has 8 heteroatoms. The molecule has 166 valence electrons. The van der Waals surface area contributed by atoms with Gasteiger partial charge in [-0.05, 0) is 38.1 Å². The summed E-state index contributed by atoms with van der Waals surface area (Å²) in [5, 5.41) is 2.93. The largest absolute Gasteiger partial charge is 0.455 e. The number of fused-ring (bicyclic) bond motifs is 1. The lowest BCUT2D eigenvalue weighted by atomic mass is 10.0. The third kappa shape index (κ3) is 4.49. The maximum atomic E-state index is 13.0. The van der Waals surface area contributed by atoms with Crippen LogP contribution < -0.4 is 10.7 Å². The van der Waals surface area contributed by atoms with Crippen molar-refractivity contribution >= 4 is 40.1 Å². The summed E-state index contributed by atoms with van der Waals surface area (Å²) >= 11 is 5.96. The number of rotatable bonds is 5. The van der Waals surface area contributed by atoms with Gasteiger partial charge in [-0.3, -0.25) is 9.59 Å². The van der Waals surface area contributed by atoms with Gasteiger partial charge in [0.2, 0.25) is 0 Å². The average molecular weight is 463 g/mol. The number of hydrogen-bond acceptors (Lipinski definition) is 6. The number of nitrogens with one attached hydrogen (secondary N) is 1. The molecule has 33 heavy (non-hydrogen) atoms. The van der Waals surface area contributed by atoms with Crippen LogP contribution in [0.5, 0.6) is 0 Å². The lowest BCUT2D eigenvalue weighted by Gasteiger charge is -2.15. The van der Waals surface area contributed by atoms with Gasteiger partial charge in [0.15, 0.2) is 22.3 Å². The van der Waals surface area contributed by atoms with Crippen LogP contribution >= 0.6 is 11.6 Å². The fourth-order valence-corrected chi connectivity index (χ4v) is 3.49. The van der Waals surface area contributed by atoms with Crippen LogP contribution in [0.2, 0.25) is 5.15 Å². The quantitative estimate of drug-likeness (QED) is 0.331. The lowest BCUT2D eigenvalue weighted by Crippen LogP contribution is -2.30. The number of carbonyl (C=O) groups is 2. The first kappa shape index (κ1) is 22.2. The Morgan fingerprint density at radius 3 is 2.55 bits per heavy atom. The number of esters is 1. The van der Waals surface area contributed by atoms with Gasteiger partial charge >= 0.3 is 5.97 Å². The number of nitrogens with zero attached hydrogens (tertiary/aromatic N) is 1. The number of anilines is 1. The minimum absolute atomic E-state index is 0.0424. The molecule has 2 aromatic heterocycles. The fourth-order valence-electron chi connectivity index (χ4n) is 3.33. The monoisotopic (exact) mass is 462 g/mol. The average Bonchev–Trinajstić information content (AvgIpc) is 2.82. The second-order valence-corrected chi connectivity index (χ2v) is 7.67. The number of ether oxygens (including phenoxy) is 1. The molecule has 0 saturated carbocycles. The van der Waals surface area contributed by atoms with Crippen molar-refractivity contribution in [3.8, 4) is 11.3 Å². The number of aromatic nitrogens is 1. The molecule has 0 aliphatic heterocycles. The number of benzene rings is 2. The lowest BCUT2D eigenvalue weighted by molar-refractivity contribution is -0.123. The zero-order valence-corrected chi connectivity index (χ0v) is 18.6. The van der Waals surface area contributed by atoms with Gasteiger partial charge in [0, 0.05) is 17.3 Å². The molecule has 2 aromatic carbocycles. The molecule has 0 bridgehead atoms. The molecule has 2 heterocycles. The van der Waals surface area contributed by atoms with E-state index >= 15 is 0 Å². The van der Waals surface area contributed by atoms with Crippen LogP contribution in [0.15, 0.2) is 76.1 Å². The maximum absolute atomic E-state index is 13.0. The Kier molecular flexibility index (Phi) is 6.24. The Hall–Kier alpha value is -3.97. The van der Waals surface area contributed by atoms with Crippen LogP contribution in [0.3, 0.4) is 0 Å². The number of para-hydroxylation sites is 1. The van der Waals surface area contributed by atoms with Crippen LogP contribution in [0.1, 0.15) is 22.8 Å². The Labute approximate surface area is 194 Å². The van der Waals surface area contributed by atoms with E-state index in [2.05, 4.69) is 10.3 Å². The molecule has 1 atom stereocenters. The van der Waals surface area contributed by atoms with Gasteiger partial charge < -0.3 is 14.5 Å². The van der Waals surface area contributed by atoms with Gasteiger partial charge in [-0.15, -0.1) is 0 Å². The van der Waals surface area contributed by atoms with Gasteiger partial charge in [0.25, 0.3) is 5.91 Å². The van der Waals surface area contributed by atoms with E-state index in [1.54, 1.807) is 31.2 Å². The third-order valence-electron chi connectivity index (χ3n) is 5.07. The molecule has 4 aromatic rings. The topological polar surface area (TPSA) is 98.5 Å². The van der Waals surface area contributed by atoms with Crippen molar-refractivity contribution in [3.05, 3.63) is 93.4 Å². The highest BCUT2D eigenvalue weighted by Gasteiger charge is 2.24. The van der Waals surface area contributed by atoms with E-state index in [0.717, 1.165) is 0 Å². The molecule has 0 aliphatic carbocycles. The SMILES string of the molecule is Cc1c(-c2ccccc2)oc2c(C(=O)OC(C)C(=O)Nc3cccnc3Cl)cccc2c1=O. The van der Waals surface area contributed by atoms with Crippen molar-refractivity contribution in [1.82, 2.24) is 4.98 Å². The molecule has 7 nitrogen and oxygen atoms in total. The minimum atomic E-state index is -1.14. The van der Waals surface area contributed by atoms with Crippen LogP contribution in [-0.4, -0.2) is 23.0 Å². The van der Waals surface area contributed by atoms with Gasteiger partial charge in [-0.2, -0.15) is 0 Å². The predicted octanol–water partition coefficient (Wildman–Crippen LogP) is 5.00. The second-order valence-electron chi connectivity index (χ2n) is 7.31. The standard InChI is InChI=1S/C25H19ClN2O5/c1-14-20(29)17-10-6-11-18(22(17)33-21(14)16-8-4-3-5-9-16)25(31)32-15(2)24(30)28-19-12-7-13-27-23(19)26/h3-13,15H,1-2H3,(H,28,30). The zero-order valence-electron chi connectivity index (χ0n) is 17.8. The zero-order chi connectivity index (χ0) is 23.5. The first-order chi connectivity index (χ1) is 15.9. The summed E-state index contributed by atoms with van der Waals surface area (Å²) < 4.78 is 11.4. The van der Waals surface area contributed by atoms with Crippen molar-refractivity contribution in [2.24, 2.45) is 0 Å². The Morgan fingerprint density at radius 1 is 1.06 bits per heavy atom. The summed E-state index contributed by atoms with van der Waals surface area (Å²) in [5.41, 5.74) is 1.33. The van der Waals surface area contributed by atoms with Gasteiger partial charge in [-0.1, -0.05) is 48.0 Å². The molecule has 0 saturated heterocycles. The highest BCUT2D eigenvalue weighted by atomic mass is 35.5. The van der Waals surface area contributed by atoms with E-state index in [4.69, 9.17) is 20.8 Å². The number of pyridine rings is 1. The summed E-state index contributed by atoms with van der Waals surface area (Å²) in [7, 11) is 0. The van der Waals surface area contributed by atoms with Gasteiger partial charge in [-0.25, -0.2) is 9.78 Å². The van der Waals surface area contributed by atoms with Crippen molar-refractivity contribution in [1.29, 1.82) is 0 Å². The van der Waals surface area contributed by atoms with E-state index in [0.29, 0.717) is 22.6 Å². The normalized spacial score (nSPS) is 11.7. The minimum Gasteiger partial charge on any atom is -0.455 e. The van der Waals surface area contributed by atoms with E-state index < -0.39 is 18.0 Å². The first-order valence-corrected chi connectivity index (χ1v) is 10.5. The first-order valence-electron chi connectivity index (χ1n) is 10.1. The van der Waals surface area contributed by atoms with Crippen molar-refractivity contribution in [2.45, 2.75) is 20.0 Å². The Balaban J connectivity index is 1.66. The fraction of sp³-hybridized carbons (Fsp3) is 0.120. The molecule has 0 fully saturated rings. The van der Waals surface area contributed by atoms with Crippen molar-refractivity contribution in [2.75, 3.05) is 5.32 Å². The molecule has 0 aliphatic rings. The number of halogens is 1. The number of hydrogen-bond donors (Lipinski definition) is 1. The van der Waals surface area contributed by atoms with E-state index in [-0.39, 0.29) is 27.1 Å². The van der Waals surface area contributed by atoms with Crippen molar-refractivity contribution in [3.63, 3.8) is 0 Å². The molecule has 1 N–H and O–H groups in total. The van der Waals surface area contributed by atoms with Gasteiger partial charge in [0.05, 0.1) is 11.1 Å². The van der Waals surface area contributed by atoms with E-state index in [1.807, 2.05) is 30.3 Å². The summed E-state index contributed by atoms with van der Waals surface area (Å²) in [6, 6.07) is 17.0. The van der Waals surface area contributed by atoms with Crippen LogP contribution in [0.4, 0.5) is 5.69 Å². The van der Waals surface area contributed by atoms with Crippen molar-refractivity contribution < 1.29 is 18.7 Å². The second kappa shape index (κ2) is 9.26. The van der Waals surface area contributed by atoms with Crippen LogP contribution in [0.25, 0.3) is 22.3 Å². The molecule has 4 rings (SSSR count). The summed E-state index contributed by atoms with van der Waals surface area (Å²) in [6.45, 7) is 3.10. The summed E-state index contributed by atoms with van der Waals surface area (Å²) in [6.07, 6.45) is 0.344. The van der Waals surface area contributed by atoms with Crippen LogP contribution in [-0.2, 0) is 9.53 Å². The molecule has 0 radical (unpaired) electrons. The van der Waals surface area contributed by atoms with E-state index in [9.17, 15) is 14.4 Å².